The first-order valence-electron chi connectivity index (χ1n) is 12.9. The number of carboxylic acid groups (broad SMARTS) is 1. The quantitative estimate of drug-likeness (QED) is 0.114. The number of non-ortho nitro benzene ring substituents is 1. The minimum Gasteiger partial charge on any atom is -0.492 e. The molecule has 0 aliphatic rings. The van der Waals surface area contributed by atoms with Crippen molar-refractivity contribution in [3.63, 3.8) is 0 Å². The van der Waals surface area contributed by atoms with Crippen molar-refractivity contribution in [1.29, 1.82) is 0 Å². The predicted octanol–water partition coefficient (Wildman–Crippen LogP) is 6.64. The van der Waals surface area contributed by atoms with Gasteiger partial charge in [-0.2, -0.15) is 48.3 Å². The Hall–Kier alpha value is -4.43. The second-order valence-corrected chi connectivity index (χ2v) is 9.56. The van der Waals surface area contributed by atoms with Crippen LogP contribution in [0.3, 0.4) is 0 Å². The molecule has 1 unspecified atom stereocenters. The molecule has 10 nitrogen and oxygen atoms in total. The number of alkyl halides is 11. The summed E-state index contributed by atoms with van der Waals surface area (Å²) in [5.41, 5.74) is -0.492. The van der Waals surface area contributed by atoms with Crippen LogP contribution in [0, 0.1) is 10.1 Å². The number of anilines is 1. The van der Waals surface area contributed by atoms with Crippen LogP contribution in [0.2, 0.25) is 0 Å². The van der Waals surface area contributed by atoms with E-state index in [0.717, 1.165) is 24.3 Å². The van der Waals surface area contributed by atoms with Gasteiger partial charge in [-0.25, -0.2) is 9.59 Å². The Morgan fingerprint density at radius 1 is 0.894 bits per heavy atom. The van der Waals surface area contributed by atoms with Crippen LogP contribution in [0.1, 0.15) is 12.5 Å². The number of nitrogens with zero attached hydrogens (tertiary/aromatic N) is 2. The number of nitro groups is 1. The summed E-state index contributed by atoms with van der Waals surface area (Å²) >= 11 is 0. The van der Waals surface area contributed by atoms with E-state index in [4.69, 9.17) is 14.6 Å². The van der Waals surface area contributed by atoms with Crippen LogP contribution in [0.5, 0.6) is 5.75 Å². The highest BCUT2D eigenvalue weighted by Crippen LogP contribution is 2.57. The van der Waals surface area contributed by atoms with Crippen molar-refractivity contribution in [3.8, 4) is 5.75 Å². The van der Waals surface area contributed by atoms with Crippen molar-refractivity contribution in [2.24, 2.45) is 0 Å². The fourth-order valence-corrected chi connectivity index (χ4v) is 3.69. The normalized spacial score (nSPS) is 13.5. The van der Waals surface area contributed by atoms with E-state index in [-0.39, 0.29) is 23.7 Å². The number of nitro benzene ring substituents is 1. The van der Waals surface area contributed by atoms with Gasteiger partial charge in [-0.1, -0.05) is 12.1 Å². The molecule has 0 bridgehead atoms. The SMILES string of the molecule is CCOC(Cc1ccc(OCCN(CC(F)(F)C(F)(F)C(F)(F)C(F)(F)C(F)(F)F)C(=O)Nc2ccc([N+](=O)[O-])cc2)cc1)C(=O)O. The fraction of sp³-hybridized carbons (Fsp3) is 0.462. The number of carbonyl (C=O) groups excluding carboxylic acids is 1. The lowest BCUT2D eigenvalue weighted by Crippen LogP contribution is -2.68. The highest BCUT2D eigenvalue weighted by molar-refractivity contribution is 5.89. The van der Waals surface area contributed by atoms with Gasteiger partial charge in [-0.15, -0.1) is 0 Å². The second-order valence-electron chi connectivity index (χ2n) is 9.56. The predicted molar refractivity (Wildman–Crippen MR) is 138 cm³/mol. The number of ether oxygens (including phenoxy) is 2. The van der Waals surface area contributed by atoms with E-state index in [9.17, 15) is 68.0 Å². The number of benzene rings is 2. The average Bonchev–Trinajstić information content (AvgIpc) is 2.96. The summed E-state index contributed by atoms with van der Waals surface area (Å²) in [6.45, 7) is -3.25. The summed E-state index contributed by atoms with van der Waals surface area (Å²) in [6.07, 6.45) is -8.68. The molecule has 0 spiro atoms. The van der Waals surface area contributed by atoms with Gasteiger partial charge in [0.2, 0.25) is 0 Å². The number of halogens is 11. The highest BCUT2D eigenvalue weighted by Gasteiger charge is 2.87. The van der Waals surface area contributed by atoms with Gasteiger partial charge in [-0.3, -0.25) is 10.1 Å². The second kappa shape index (κ2) is 14.6. The molecule has 0 saturated heterocycles. The van der Waals surface area contributed by atoms with E-state index in [2.05, 4.69) is 0 Å². The van der Waals surface area contributed by atoms with Crippen LogP contribution in [0.25, 0.3) is 0 Å². The topological polar surface area (TPSA) is 131 Å². The summed E-state index contributed by atoms with van der Waals surface area (Å²) in [5, 5.41) is 21.8. The molecule has 0 heterocycles. The number of amides is 2. The Kier molecular flexibility index (Phi) is 12.0. The lowest BCUT2D eigenvalue weighted by molar-refractivity contribution is -0.422. The van der Waals surface area contributed by atoms with Crippen LogP contribution in [0.15, 0.2) is 48.5 Å². The molecule has 262 valence electrons. The lowest BCUT2D eigenvalue weighted by Gasteiger charge is -2.38. The number of nitrogens with one attached hydrogen (secondary N) is 1. The summed E-state index contributed by atoms with van der Waals surface area (Å²) in [6, 6.07) is 6.66. The number of aliphatic carboxylic acids is 1. The molecule has 21 heteroatoms. The van der Waals surface area contributed by atoms with E-state index in [1.165, 1.54) is 24.3 Å². The zero-order valence-electron chi connectivity index (χ0n) is 23.7. The molecule has 0 aliphatic heterocycles. The summed E-state index contributed by atoms with van der Waals surface area (Å²) in [7, 11) is 0. The van der Waals surface area contributed by atoms with E-state index in [0.29, 0.717) is 5.56 Å². The maximum Gasteiger partial charge on any atom is 0.460 e. The lowest BCUT2D eigenvalue weighted by atomic mass is 9.97. The third-order valence-electron chi connectivity index (χ3n) is 6.23. The van der Waals surface area contributed by atoms with Gasteiger partial charge in [0, 0.05) is 30.8 Å². The molecule has 1 atom stereocenters. The Morgan fingerprint density at radius 2 is 1.45 bits per heavy atom. The van der Waals surface area contributed by atoms with E-state index in [1.807, 2.05) is 5.32 Å². The number of hydrogen-bond acceptors (Lipinski definition) is 6. The molecule has 2 rings (SSSR count). The van der Waals surface area contributed by atoms with E-state index < -0.39 is 84.0 Å². The summed E-state index contributed by atoms with van der Waals surface area (Å²) in [4.78, 5) is 33.5. The average molecular weight is 699 g/mol. The standard InChI is InChI=1S/C26H24F11N3O7/c1-2-46-19(20(41)42)13-15-3-9-18(10-4-15)47-12-11-39(21(43)38-16-5-7-17(8-6-16)40(44)45)14-22(27,28)23(29,30)24(31,32)25(33,34)26(35,36)37/h3-10,19H,2,11-14H2,1H3,(H,38,43)(H,41,42). The maximum atomic E-state index is 14.6. The molecule has 0 aliphatic carbocycles. The Balaban J connectivity index is 2.31. The van der Waals surface area contributed by atoms with Gasteiger partial charge < -0.3 is 24.8 Å². The number of carbonyl (C=O) groups is 2. The molecule has 0 saturated carbocycles. The smallest absolute Gasteiger partial charge is 0.460 e. The van der Waals surface area contributed by atoms with E-state index in [1.54, 1.807) is 6.92 Å². The Labute approximate surface area is 257 Å². The number of carboxylic acids is 1. The minimum atomic E-state index is -7.69. The van der Waals surface area contributed by atoms with Crippen molar-refractivity contribution < 1.29 is 77.4 Å². The molecule has 0 aromatic heterocycles. The van der Waals surface area contributed by atoms with Gasteiger partial charge in [0.05, 0.1) is 18.0 Å². The monoisotopic (exact) mass is 699 g/mol. The number of rotatable bonds is 16. The van der Waals surface area contributed by atoms with Crippen molar-refractivity contribution in [2.75, 3.05) is 31.6 Å². The van der Waals surface area contributed by atoms with Crippen molar-refractivity contribution in [2.45, 2.75) is 49.3 Å². The number of hydrogen-bond donors (Lipinski definition) is 2. The van der Waals surface area contributed by atoms with Crippen LogP contribution in [-0.4, -0.2) is 89.2 Å². The Morgan fingerprint density at radius 3 is 1.91 bits per heavy atom. The molecule has 2 N–H and O–H groups in total. The molecule has 2 aromatic rings. The zero-order valence-corrected chi connectivity index (χ0v) is 23.7. The fourth-order valence-electron chi connectivity index (χ4n) is 3.69. The first-order valence-corrected chi connectivity index (χ1v) is 12.9. The Bertz CT molecular complexity index is 1390. The van der Waals surface area contributed by atoms with Crippen LogP contribution in [-0.2, 0) is 16.0 Å². The summed E-state index contributed by atoms with van der Waals surface area (Å²) < 4.78 is 159. The van der Waals surface area contributed by atoms with Crippen molar-refractivity contribution in [3.05, 3.63) is 64.2 Å². The van der Waals surface area contributed by atoms with Gasteiger partial charge in [-0.05, 0) is 36.8 Å². The number of urea groups is 1. The third kappa shape index (κ3) is 8.89. The summed E-state index contributed by atoms with van der Waals surface area (Å²) in [5.74, 6) is -30.5. The first-order chi connectivity index (χ1) is 21.5. The first kappa shape index (κ1) is 38.8. The van der Waals surface area contributed by atoms with Gasteiger partial charge >= 0.3 is 41.9 Å². The van der Waals surface area contributed by atoms with Crippen molar-refractivity contribution >= 4 is 23.4 Å². The van der Waals surface area contributed by atoms with E-state index >= 15 is 0 Å². The zero-order chi connectivity index (χ0) is 36.0. The third-order valence-corrected chi connectivity index (χ3v) is 6.23. The van der Waals surface area contributed by atoms with Gasteiger partial charge in [0.1, 0.15) is 12.4 Å². The van der Waals surface area contributed by atoms with Gasteiger partial charge in [0.25, 0.3) is 5.69 Å². The molecule has 2 amide bonds. The molecule has 47 heavy (non-hydrogen) atoms. The minimum absolute atomic E-state index is 0.0822. The van der Waals surface area contributed by atoms with Crippen LogP contribution in [0.4, 0.5) is 64.5 Å². The molecule has 2 aromatic carbocycles. The van der Waals surface area contributed by atoms with Crippen molar-refractivity contribution in [1.82, 2.24) is 4.90 Å². The van der Waals surface area contributed by atoms with Gasteiger partial charge in [0.15, 0.2) is 6.10 Å². The molecule has 0 fully saturated rings. The molecule has 0 radical (unpaired) electrons. The maximum absolute atomic E-state index is 14.6. The van der Waals surface area contributed by atoms with Crippen LogP contribution >= 0.6 is 0 Å². The molecular weight excluding hydrogens is 675 g/mol. The molecular formula is C26H24F11N3O7. The van der Waals surface area contributed by atoms with Crippen LogP contribution < -0.4 is 10.1 Å². The highest BCUT2D eigenvalue weighted by atomic mass is 19.4. The largest absolute Gasteiger partial charge is 0.492 e.